The predicted octanol–water partition coefficient (Wildman–Crippen LogP) is 2.00. The Kier molecular flexibility index (Phi) is 8.29. The molecule has 0 unspecified atom stereocenters. The highest BCUT2D eigenvalue weighted by Crippen LogP contribution is 2.36. The highest BCUT2D eigenvalue weighted by Gasteiger charge is 2.47. The number of imide groups is 1. The van der Waals surface area contributed by atoms with Gasteiger partial charge in [-0.1, -0.05) is 19.9 Å². The monoisotopic (exact) mass is 535 g/mol. The Morgan fingerprint density at radius 3 is 2.69 bits per heavy atom. The van der Waals surface area contributed by atoms with Crippen LogP contribution in [0, 0.1) is 0 Å². The van der Waals surface area contributed by atoms with Crippen LogP contribution < -0.4 is 20.3 Å². The van der Waals surface area contributed by atoms with Gasteiger partial charge in [0.25, 0.3) is 11.8 Å². The number of anilines is 1. The molecular weight excluding hydrogens is 502 g/mol. The third-order valence-electron chi connectivity index (χ3n) is 7.10. The third-order valence-corrected chi connectivity index (χ3v) is 7.10. The van der Waals surface area contributed by atoms with E-state index in [1.54, 1.807) is 42.4 Å². The second-order valence-electron chi connectivity index (χ2n) is 9.08. The number of aromatic nitrogens is 1. The van der Waals surface area contributed by atoms with Crippen molar-refractivity contribution in [1.82, 2.24) is 20.5 Å². The van der Waals surface area contributed by atoms with E-state index in [1.165, 1.54) is 12.0 Å². The van der Waals surface area contributed by atoms with E-state index in [9.17, 15) is 19.2 Å². The van der Waals surface area contributed by atoms with Gasteiger partial charge in [-0.25, -0.2) is 4.98 Å². The SMILES string of the molecule is CC.CN[C@](CN1Cc2ccc(OC)cc2C1=O)(C(=O)NC=O)C1=Cc2c(ccnc2N2CCCC2=O)CO1. The summed E-state index contributed by atoms with van der Waals surface area (Å²) in [5.74, 6) is 0.302. The summed E-state index contributed by atoms with van der Waals surface area (Å²) in [6.07, 6.45) is 4.78. The minimum atomic E-state index is -1.59. The molecule has 1 aromatic heterocycles. The molecule has 0 spiro atoms. The zero-order chi connectivity index (χ0) is 28.2. The van der Waals surface area contributed by atoms with Gasteiger partial charge < -0.3 is 14.4 Å². The molecule has 2 aromatic rings. The fraction of sp³-hybridized carbons (Fsp3) is 0.393. The summed E-state index contributed by atoms with van der Waals surface area (Å²) in [6, 6.07) is 7.06. The van der Waals surface area contributed by atoms with Gasteiger partial charge in [-0.3, -0.25) is 34.7 Å². The molecule has 0 aliphatic carbocycles. The summed E-state index contributed by atoms with van der Waals surface area (Å²) in [6.45, 7) is 4.84. The molecule has 3 aliphatic rings. The largest absolute Gasteiger partial charge is 0.497 e. The average molecular weight is 536 g/mol. The van der Waals surface area contributed by atoms with Crippen LogP contribution in [-0.4, -0.2) is 66.8 Å². The number of nitrogens with zero attached hydrogens (tertiary/aromatic N) is 3. The predicted molar refractivity (Wildman–Crippen MR) is 144 cm³/mol. The molecule has 1 saturated heterocycles. The fourth-order valence-corrected chi connectivity index (χ4v) is 5.08. The number of benzene rings is 1. The lowest BCUT2D eigenvalue weighted by molar-refractivity contribution is -0.131. The highest BCUT2D eigenvalue weighted by atomic mass is 16.5. The standard InChI is InChI=1S/C26H27N5O6.C2H6/c1-27-26(25(35)29-15-32,14-30-12-16-5-6-18(36-2)10-20(16)24(30)34)21-11-19-17(13-37-21)7-8-28-23(19)31-9-3-4-22(31)33;1-2/h5-8,10-11,15,27H,3-4,9,12-14H2,1-2H3,(H,29,32,35);1-2H3/t26-;/m0./s1. The molecule has 206 valence electrons. The minimum Gasteiger partial charge on any atom is -0.497 e. The van der Waals surface area contributed by atoms with Crippen LogP contribution >= 0.6 is 0 Å². The summed E-state index contributed by atoms with van der Waals surface area (Å²) in [7, 11) is 3.09. The van der Waals surface area contributed by atoms with Crippen molar-refractivity contribution in [3.63, 3.8) is 0 Å². The molecule has 39 heavy (non-hydrogen) atoms. The Hall–Kier alpha value is -4.25. The van der Waals surface area contributed by atoms with Crippen molar-refractivity contribution < 1.29 is 28.7 Å². The average Bonchev–Trinajstić information content (AvgIpc) is 3.54. The number of fused-ring (bicyclic) bond motifs is 2. The number of nitrogens with one attached hydrogen (secondary N) is 2. The Labute approximate surface area is 227 Å². The zero-order valence-corrected chi connectivity index (χ0v) is 22.6. The van der Waals surface area contributed by atoms with Gasteiger partial charge in [-0.2, -0.15) is 0 Å². The van der Waals surface area contributed by atoms with Crippen LogP contribution in [-0.2, 0) is 32.3 Å². The van der Waals surface area contributed by atoms with E-state index >= 15 is 0 Å². The maximum atomic E-state index is 13.4. The second kappa shape index (κ2) is 11.6. The van der Waals surface area contributed by atoms with Gasteiger partial charge >= 0.3 is 0 Å². The van der Waals surface area contributed by atoms with Crippen LogP contribution in [0.5, 0.6) is 5.75 Å². The number of amides is 4. The number of carbonyl (C=O) groups excluding carboxylic acids is 4. The van der Waals surface area contributed by atoms with Gasteiger partial charge in [-0.05, 0) is 43.3 Å². The molecule has 11 heteroatoms. The highest BCUT2D eigenvalue weighted by molar-refractivity contribution is 6.02. The summed E-state index contributed by atoms with van der Waals surface area (Å²) < 4.78 is 11.3. The van der Waals surface area contributed by atoms with E-state index in [4.69, 9.17) is 9.47 Å². The summed E-state index contributed by atoms with van der Waals surface area (Å²) in [5, 5.41) is 5.23. The maximum absolute atomic E-state index is 13.4. The van der Waals surface area contributed by atoms with E-state index < -0.39 is 11.4 Å². The molecule has 3 aliphatic heterocycles. The molecule has 2 N–H and O–H groups in total. The first-order valence-electron chi connectivity index (χ1n) is 12.9. The van der Waals surface area contributed by atoms with E-state index in [1.807, 2.05) is 19.9 Å². The number of likely N-dealkylation sites (N-methyl/N-ethyl adjacent to an activating group) is 1. The summed E-state index contributed by atoms with van der Waals surface area (Å²) in [5.41, 5.74) is 1.17. The van der Waals surface area contributed by atoms with Gasteiger partial charge in [0.2, 0.25) is 12.3 Å². The van der Waals surface area contributed by atoms with Gasteiger partial charge in [0.15, 0.2) is 5.54 Å². The van der Waals surface area contributed by atoms with Crippen molar-refractivity contribution in [2.75, 3.05) is 32.1 Å². The first kappa shape index (κ1) is 27.8. The maximum Gasteiger partial charge on any atom is 0.256 e. The fourth-order valence-electron chi connectivity index (χ4n) is 5.08. The summed E-state index contributed by atoms with van der Waals surface area (Å²) >= 11 is 0. The van der Waals surface area contributed by atoms with Crippen LogP contribution in [0.2, 0.25) is 0 Å². The number of hydrogen-bond acceptors (Lipinski definition) is 8. The number of hydrogen-bond donors (Lipinski definition) is 2. The Bertz CT molecular complexity index is 1330. The van der Waals surface area contributed by atoms with Crippen LogP contribution in [0.15, 0.2) is 36.2 Å². The van der Waals surface area contributed by atoms with Gasteiger partial charge in [0.1, 0.15) is 23.9 Å². The van der Waals surface area contributed by atoms with Crippen molar-refractivity contribution in [2.24, 2.45) is 0 Å². The van der Waals surface area contributed by atoms with Crippen molar-refractivity contribution in [3.8, 4) is 5.75 Å². The van der Waals surface area contributed by atoms with Crippen LogP contribution in [0.25, 0.3) is 6.08 Å². The molecule has 1 aromatic carbocycles. The van der Waals surface area contributed by atoms with Crippen LogP contribution in [0.3, 0.4) is 0 Å². The van der Waals surface area contributed by atoms with Gasteiger partial charge in [0.05, 0.1) is 13.7 Å². The quantitative estimate of drug-likeness (QED) is 0.491. The molecule has 0 saturated carbocycles. The second-order valence-corrected chi connectivity index (χ2v) is 9.08. The number of rotatable bonds is 8. The van der Waals surface area contributed by atoms with Crippen molar-refractivity contribution in [3.05, 3.63) is 58.5 Å². The first-order chi connectivity index (χ1) is 18.9. The lowest BCUT2D eigenvalue weighted by Gasteiger charge is -2.38. The molecule has 4 amide bonds. The van der Waals surface area contributed by atoms with Gasteiger partial charge in [0, 0.05) is 42.4 Å². The van der Waals surface area contributed by atoms with Crippen molar-refractivity contribution in [1.29, 1.82) is 0 Å². The lowest BCUT2D eigenvalue weighted by atomic mass is 9.91. The van der Waals surface area contributed by atoms with Crippen molar-refractivity contribution in [2.45, 2.75) is 45.4 Å². The van der Waals surface area contributed by atoms with E-state index in [0.29, 0.717) is 42.1 Å². The number of carbonyl (C=O) groups is 4. The lowest BCUT2D eigenvalue weighted by Crippen LogP contribution is -2.63. The Morgan fingerprint density at radius 1 is 1.23 bits per heavy atom. The molecule has 0 radical (unpaired) electrons. The molecule has 5 rings (SSSR count). The van der Waals surface area contributed by atoms with E-state index in [0.717, 1.165) is 17.5 Å². The molecule has 1 atom stereocenters. The topological polar surface area (TPSA) is 130 Å². The van der Waals surface area contributed by atoms with Gasteiger partial charge in [-0.15, -0.1) is 0 Å². The smallest absolute Gasteiger partial charge is 0.256 e. The number of pyridine rings is 1. The molecule has 0 bridgehead atoms. The minimum absolute atomic E-state index is 0.0169. The van der Waals surface area contributed by atoms with E-state index in [2.05, 4.69) is 15.6 Å². The summed E-state index contributed by atoms with van der Waals surface area (Å²) in [4.78, 5) is 58.1. The molecule has 1 fully saturated rings. The molecule has 4 heterocycles. The Morgan fingerprint density at radius 2 is 2.03 bits per heavy atom. The zero-order valence-electron chi connectivity index (χ0n) is 22.6. The van der Waals surface area contributed by atoms with E-state index in [-0.39, 0.29) is 37.3 Å². The van der Waals surface area contributed by atoms with Crippen LogP contribution in [0.1, 0.15) is 53.7 Å². The van der Waals surface area contributed by atoms with Crippen molar-refractivity contribution >= 4 is 36.0 Å². The number of ether oxygens (including phenoxy) is 2. The Balaban J connectivity index is 0.00000172. The third kappa shape index (κ3) is 4.97. The molecule has 11 nitrogen and oxygen atoms in total. The molecular formula is C28H33N5O6. The normalized spacial score (nSPS) is 17.2. The first-order valence-corrected chi connectivity index (χ1v) is 12.9. The van der Waals surface area contributed by atoms with Crippen LogP contribution in [0.4, 0.5) is 5.82 Å². The number of methoxy groups -OCH3 is 1.